The second-order valence-electron chi connectivity index (χ2n) is 6.20. The average Bonchev–Trinajstić information content (AvgIpc) is 2.56. The van der Waals surface area contributed by atoms with Crippen molar-refractivity contribution >= 4 is 28.1 Å². The lowest BCUT2D eigenvalue weighted by Gasteiger charge is -2.42. The van der Waals surface area contributed by atoms with E-state index in [2.05, 4.69) is 4.72 Å². The van der Waals surface area contributed by atoms with Gasteiger partial charge in [0.15, 0.2) is 0 Å². The van der Waals surface area contributed by atoms with Crippen molar-refractivity contribution in [2.24, 2.45) is 11.7 Å². The molecule has 0 saturated heterocycles. The van der Waals surface area contributed by atoms with E-state index in [4.69, 9.17) is 10.5 Å². The first kappa shape index (κ1) is 21.6. The van der Waals surface area contributed by atoms with Crippen LogP contribution >= 0.6 is 12.4 Å². The van der Waals surface area contributed by atoms with Crippen molar-refractivity contribution in [3.8, 4) is 5.75 Å². The molecular formula is C15H24ClN3O5S. The number of ether oxygens (including phenoxy) is 1. The lowest BCUT2D eigenvalue weighted by Crippen LogP contribution is -2.58. The van der Waals surface area contributed by atoms with Crippen LogP contribution in [-0.2, 0) is 10.0 Å². The minimum atomic E-state index is -3.93. The van der Waals surface area contributed by atoms with E-state index < -0.39 is 20.5 Å². The van der Waals surface area contributed by atoms with E-state index in [1.807, 2.05) is 6.92 Å². The van der Waals surface area contributed by atoms with E-state index in [-0.39, 0.29) is 41.2 Å². The summed E-state index contributed by atoms with van der Waals surface area (Å²) in [5.41, 5.74) is 4.97. The Hall–Kier alpha value is -1.42. The molecule has 1 saturated carbocycles. The van der Waals surface area contributed by atoms with E-state index >= 15 is 0 Å². The first-order valence-electron chi connectivity index (χ1n) is 7.82. The highest BCUT2D eigenvalue weighted by atomic mass is 35.5. The Morgan fingerprint density at radius 3 is 2.64 bits per heavy atom. The summed E-state index contributed by atoms with van der Waals surface area (Å²) in [5.74, 6) is 0.0439. The number of non-ortho nitro benzene ring substituents is 1. The molecule has 1 aliphatic rings. The molecule has 2 unspecified atom stereocenters. The zero-order chi connectivity index (χ0) is 18.0. The van der Waals surface area contributed by atoms with E-state index in [9.17, 15) is 18.5 Å². The van der Waals surface area contributed by atoms with Crippen LogP contribution in [0.5, 0.6) is 5.75 Å². The largest absolute Gasteiger partial charge is 0.495 e. The molecule has 8 nitrogen and oxygen atoms in total. The van der Waals surface area contributed by atoms with Crippen LogP contribution in [-0.4, -0.2) is 32.5 Å². The Bertz CT molecular complexity index is 728. The smallest absolute Gasteiger partial charge is 0.273 e. The molecule has 0 aliphatic heterocycles. The van der Waals surface area contributed by atoms with Crippen molar-refractivity contribution in [1.82, 2.24) is 4.72 Å². The van der Waals surface area contributed by atoms with Crippen LogP contribution in [0.25, 0.3) is 0 Å². The third-order valence-electron chi connectivity index (χ3n) is 4.80. The second-order valence-corrected chi connectivity index (χ2v) is 7.86. The Morgan fingerprint density at radius 1 is 1.44 bits per heavy atom. The number of benzene rings is 1. The SMILES string of the molecule is COc1cc([N+](=O)[O-])ccc1S(=O)(=O)NC1(CN)CCCCC1C.Cl. The van der Waals surface area contributed by atoms with Gasteiger partial charge in [0.2, 0.25) is 10.0 Å². The van der Waals surface area contributed by atoms with Crippen LogP contribution in [0.2, 0.25) is 0 Å². The molecule has 1 fully saturated rings. The Morgan fingerprint density at radius 2 is 2.12 bits per heavy atom. The summed E-state index contributed by atoms with van der Waals surface area (Å²) < 4.78 is 33.5. The first-order valence-corrected chi connectivity index (χ1v) is 9.30. The number of nitro groups is 1. The molecule has 25 heavy (non-hydrogen) atoms. The fraction of sp³-hybridized carbons (Fsp3) is 0.600. The predicted octanol–water partition coefficient (Wildman–Crippen LogP) is 2.21. The number of nitrogens with two attached hydrogens (primary N) is 1. The molecule has 10 heteroatoms. The number of hydrogen-bond donors (Lipinski definition) is 2. The van der Waals surface area contributed by atoms with Crippen molar-refractivity contribution in [2.45, 2.75) is 43.0 Å². The van der Waals surface area contributed by atoms with Crippen LogP contribution in [0.4, 0.5) is 5.69 Å². The summed E-state index contributed by atoms with van der Waals surface area (Å²) in [6.45, 7) is 2.18. The summed E-state index contributed by atoms with van der Waals surface area (Å²) in [6.07, 6.45) is 3.52. The van der Waals surface area contributed by atoms with E-state index in [0.29, 0.717) is 6.42 Å². The van der Waals surface area contributed by atoms with E-state index in [1.54, 1.807) is 0 Å². The van der Waals surface area contributed by atoms with Gasteiger partial charge >= 0.3 is 0 Å². The number of halogens is 1. The number of nitro benzene ring substituents is 1. The number of sulfonamides is 1. The highest BCUT2D eigenvalue weighted by Gasteiger charge is 2.41. The summed E-state index contributed by atoms with van der Waals surface area (Å²) >= 11 is 0. The van der Waals surface area contributed by atoms with Crippen LogP contribution < -0.4 is 15.2 Å². The van der Waals surface area contributed by atoms with Gasteiger partial charge in [-0.15, -0.1) is 12.4 Å². The van der Waals surface area contributed by atoms with Crippen molar-refractivity contribution < 1.29 is 18.1 Å². The highest BCUT2D eigenvalue weighted by molar-refractivity contribution is 7.89. The standard InChI is InChI=1S/C15H23N3O5S.ClH/c1-11-5-3-4-8-15(11,10-16)17-24(21,22)14-7-6-12(18(19)20)9-13(14)23-2;/h6-7,9,11,17H,3-5,8,10,16H2,1-2H3;1H. The van der Waals surface area contributed by atoms with Crippen LogP contribution in [0.15, 0.2) is 23.1 Å². The van der Waals surface area contributed by atoms with Gasteiger partial charge in [0.25, 0.3) is 5.69 Å². The van der Waals surface area contributed by atoms with Crippen molar-refractivity contribution in [3.05, 3.63) is 28.3 Å². The molecule has 0 aromatic heterocycles. The highest BCUT2D eigenvalue weighted by Crippen LogP contribution is 2.36. The van der Waals surface area contributed by atoms with Gasteiger partial charge < -0.3 is 10.5 Å². The molecule has 0 amide bonds. The maximum Gasteiger partial charge on any atom is 0.273 e. The van der Waals surface area contributed by atoms with Crippen molar-refractivity contribution in [3.63, 3.8) is 0 Å². The maximum absolute atomic E-state index is 12.9. The molecule has 3 N–H and O–H groups in total. The van der Waals surface area contributed by atoms with Crippen LogP contribution in [0, 0.1) is 16.0 Å². The van der Waals surface area contributed by atoms with Gasteiger partial charge in [-0.2, -0.15) is 0 Å². The number of nitrogens with zero attached hydrogens (tertiary/aromatic N) is 1. The minimum Gasteiger partial charge on any atom is -0.495 e. The third-order valence-corrected chi connectivity index (χ3v) is 6.39. The molecule has 0 heterocycles. The molecule has 0 spiro atoms. The van der Waals surface area contributed by atoms with Crippen LogP contribution in [0.1, 0.15) is 32.6 Å². The van der Waals surface area contributed by atoms with Gasteiger partial charge in [0, 0.05) is 18.2 Å². The lowest BCUT2D eigenvalue weighted by molar-refractivity contribution is -0.385. The topological polar surface area (TPSA) is 125 Å². The first-order chi connectivity index (χ1) is 11.3. The fourth-order valence-electron chi connectivity index (χ4n) is 3.22. The molecular weight excluding hydrogens is 370 g/mol. The third kappa shape index (κ3) is 4.41. The normalized spacial score (nSPS) is 23.6. The number of methoxy groups -OCH3 is 1. The van der Waals surface area contributed by atoms with Gasteiger partial charge in [0.1, 0.15) is 10.6 Å². The summed E-state index contributed by atoms with van der Waals surface area (Å²) in [7, 11) is -2.65. The van der Waals surface area contributed by atoms with Gasteiger partial charge in [-0.05, 0) is 24.8 Å². The van der Waals surface area contributed by atoms with Crippen molar-refractivity contribution in [1.29, 1.82) is 0 Å². The Kier molecular flexibility index (Phi) is 7.18. The maximum atomic E-state index is 12.9. The molecule has 0 bridgehead atoms. The molecule has 2 atom stereocenters. The summed E-state index contributed by atoms with van der Waals surface area (Å²) in [4.78, 5) is 10.1. The minimum absolute atomic E-state index is 0. The Labute approximate surface area is 153 Å². The molecule has 2 rings (SSSR count). The van der Waals surface area contributed by atoms with Gasteiger partial charge in [-0.3, -0.25) is 10.1 Å². The molecule has 142 valence electrons. The van der Waals surface area contributed by atoms with Gasteiger partial charge in [0.05, 0.1) is 18.1 Å². The summed E-state index contributed by atoms with van der Waals surface area (Å²) in [5, 5.41) is 10.9. The van der Waals surface area contributed by atoms with E-state index in [0.717, 1.165) is 31.4 Å². The zero-order valence-corrected chi connectivity index (χ0v) is 15.9. The monoisotopic (exact) mass is 393 g/mol. The number of nitrogens with one attached hydrogen (secondary N) is 1. The van der Waals surface area contributed by atoms with Crippen molar-refractivity contribution in [2.75, 3.05) is 13.7 Å². The summed E-state index contributed by atoms with van der Waals surface area (Å²) in [6, 6.07) is 3.45. The molecule has 1 aromatic carbocycles. The average molecular weight is 394 g/mol. The lowest BCUT2D eigenvalue weighted by atomic mass is 9.74. The zero-order valence-electron chi connectivity index (χ0n) is 14.2. The van der Waals surface area contributed by atoms with Crippen LogP contribution in [0.3, 0.4) is 0 Å². The predicted molar refractivity (Wildman–Crippen MR) is 96.6 cm³/mol. The van der Waals surface area contributed by atoms with Gasteiger partial charge in [-0.25, -0.2) is 13.1 Å². The second kappa shape index (κ2) is 8.31. The van der Waals surface area contributed by atoms with E-state index in [1.165, 1.54) is 13.2 Å². The molecule has 1 aliphatic carbocycles. The number of rotatable bonds is 6. The Balaban J connectivity index is 0.00000312. The van der Waals surface area contributed by atoms with Gasteiger partial charge in [-0.1, -0.05) is 19.8 Å². The quantitative estimate of drug-likeness (QED) is 0.563. The number of hydrogen-bond acceptors (Lipinski definition) is 6. The molecule has 1 aromatic rings. The fourth-order valence-corrected chi connectivity index (χ4v) is 4.91. The molecule has 0 radical (unpaired) electrons.